The molecule has 0 aliphatic heterocycles. The van der Waals surface area contributed by atoms with Crippen LogP contribution in [0.1, 0.15) is 24.0 Å². The molecule has 0 spiro atoms. The largest absolute Gasteiger partial charge is 0.489 e. The number of hydrogen-bond acceptors (Lipinski definition) is 2. The van der Waals surface area contributed by atoms with Gasteiger partial charge in [-0.3, -0.25) is 0 Å². The topological polar surface area (TPSA) is 21.3 Å². The Morgan fingerprint density at radius 1 is 1.10 bits per heavy atom. The van der Waals surface area contributed by atoms with Gasteiger partial charge in [0.2, 0.25) is 0 Å². The zero-order chi connectivity index (χ0) is 14.7. The summed E-state index contributed by atoms with van der Waals surface area (Å²) in [5.41, 5.74) is 1.34. The van der Waals surface area contributed by atoms with Crippen LogP contribution in [0.3, 0.4) is 0 Å². The van der Waals surface area contributed by atoms with E-state index in [1.807, 2.05) is 24.3 Å². The van der Waals surface area contributed by atoms with Crippen molar-refractivity contribution in [1.82, 2.24) is 5.32 Å². The molecule has 4 heteroatoms. The molecule has 110 valence electrons. The molecule has 1 N–H and O–H groups in total. The van der Waals surface area contributed by atoms with Gasteiger partial charge in [0.15, 0.2) is 11.6 Å². The molecule has 1 saturated carbocycles. The molecule has 2 aromatic carbocycles. The predicted molar refractivity (Wildman–Crippen MR) is 77.0 cm³/mol. The molecule has 2 aromatic rings. The van der Waals surface area contributed by atoms with Crippen molar-refractivity contribution in [3.05, 3.63) is 65.2 Å². The molecule has 0 bridgehead atoms. The molecule has 1 aliphatic carbocycles. The maximum absolute atomic E-state index is 13.5. The number of benzene rings is 2. The van der Waals surface area contributed by atoms with E-state index in [0.29, 0.717) is 11.8 Å². The second kappa shape index (κ2) is 6.22. The van der Waals surface area contributed by atoms with Gasteiger partial charge in [0.1, 0.15) is 12.4 Å². The summed E-state index contributed by atoms with van der Waals surface area (Å²) in [7, 11) is 0. The van der Waals surface area contributed by atoms with E-state index in [2.05, 4.69) is 5.32 Å². The van der Waals surface area contributed by atoms with Crippen LogP contribution in [-0.2, 0) is 13.2 Å². The van der Waals surface area contributed by atoms with Gasteiger partial charge < -0.3 is 10.1 Å². The Bertz CT molecular complexity index is 626. The Morgan fingerprint density at radius 3 is 2.71 bits per heavy atom. The maximum atomic E-state index is 13.5. The van der Waals surface area contributed by atoms with Gasteiger partial charge >= 0.3 is 0 Å². The summed E-state index contributed by atoms with van der Waals surface area (Å²) in [6.07, 6.45) is 2.49. The number of halogens is 2. The predicted octanol–water partition coefficient (Wildman–Crippen LogP) is 3.80. The van der Waals surface area contributed by atoms with Crippen LogP contribution in [0.4, 0.5) is 8.78 Å². The number of rotatable bonds is 6. The van der Waals surface area contributed by atoms with Crippen molar-refractivity contribution in [3.63, 3.8) is 0 Å². The van der Waals surface area contributed by atoms with Crippen molar-refractivity contribution < 1.29 is 13.5 Å². The molecular formula is C17H17F2NO. The second-order valence-corrected chi connectivity index (χ2v) is 5.30. The lowest BCUT2D eigenvalue weighted by Crippen LogP contribution is -2.15. The summed E-state index contributed by atoms with van der Waals surface area (Å²) in [6, 6.07) is 12.4. The highest BCUT2D eigenvalue weighted by atomic mass is 19.2. The maximum Gasteiger partial charge on any atom is 0.165 e. The smallest absolute Gasteiger partial charge is 0.165 e. The third-order valence-electron chi connectivity index (χ3n) is 3.50. The summed E-state index contributed by atoms with van der Waals surface area (Å²) in [4.78, 5) is 0. The highest BCUT2D eigenvalue weighted by molar-refractivity contribution is 5.29. The van der Waals surface area contributed by atoms with Crippen molar-refractivity contribution in [1.29, 1.82) is 0 Å². The molecule has 0 unspecified atom stereocenters. The first kappa shape index (κ1) is 14.0. The Hall–Kier alpha value is -1.94. The molecule has 3 rings (SSSR count). The van der Waals surface area contributed by atoms with E-state index in [0.717, 1.165) is 18.2 Å². The first-order chi connectivity index (χ1) is 10.2. The normalized spacial score (nSPS) is 14.2. The van der Waals surface area contributed by atoms with Gasteiger partial charge in [0.25, 0.3) is 0 Å². The SMILES string of the molecule is Fc1cccc(COc2cccc(CNC3CC3)c2)c1F. The van der Waals surface area contributed by atoms with Crippen molar-refractivity contribution in [2.24, 2.45) is 0 Å². The fourth-order valence-corrected chi connectivity index (χ4v) is 2.12. The van der Waals surface area contributed by atoms with Crippen LogP contribution in [-0.4, -0.2) is 6.04 Å². The second-order valence-electron chi connectivity index (χ2n) is 5.30. The summed E-state index contributed by atoms with van der Waals surface area (Å²) in [6.45, 7) is 0.819. The molecule has 1 fully saturated rings. The van der Waals surface area contributed by atoms with Crippen molar-refractivity contribution >= 4 is 0 Å². The van der Waals surface area contributed by atoms with E-state index >= 15 is 0 Å². The van der Waals surface area contributed by atoms with Crippen molar-refractivity contribution in [2.45, 2.75) is 32.0 Å². The molecule has 0 saturated heterocycles. The van der Waals surface area contributed by atoms with Gasteiger partial charge in [0, 0.05) is 18.2 Å². The monoisotopic (exact) mass is 289 g/mol. The zero-order valence-corrected chi connectivity index (χ0v) is 11.6. The summed E-state index contributed by atoms with van der Waals surface area (Å²) in [5.74, 6) is -1.03. The standard InChI is InChI=1S/C17H17F2NO/c18-16-6-2-4-13(17(16)19)11-21-15-5-1-3-12(9-15)10-20-14-7-8-14/h1-6,9,14,20H,7-8,10-11H2. The Labute approximate surface area is 122 Å². The van der Waals surface area contributed by atoms with E-state index in [4.69, 9.17) is 4.74 Å². The molecular weight excluding hydrogens is 272 g/mol. The lowest BCUT2D eigenvalue weighted by molar-refractivity contribution is 0.297. The van der Waals surface area contributed by atoms with Gasteiger partial charge in [-0.2, -0.15) is 0 Å². The molecule has 0 aromatic heterocycles. The average Bonchev–Trinajstić information content (AvgIpc) is 3.31. The van der Waals surface area contributed by atoms with Gasteiger partial charge in [-0.05, 0) is 36.6 Å². The van der Waals surface area contributed by atoms with E-state index in [9.17, 15) is 8.78 Å². The lowest BCUT2D eigenvalue weighted by Gasteiger charge is -2.09. The number of ether oxygens (including phenoxy) is 1. The zero-order valence-electron chi connectivity index (χ0n) is 11.6. The fourth-order valence-electron chi connectivity index (χ4n) is 2.12. The van der Waals surface area contributed by atoms with Gasteiger partial charge in [-0.15, -0.1) is 0 Å². The number of nitrogens with one attached hydrogen (secondary N) is 1. The summed E-state index contributed by atoms with van der Waals surface area (Å²) >= 11 is 0. The van der Waals surface area contributed by atoms with E-state index in [1.165, 1.54) is 25.0 Å². The fraction of sp³-hybridized carbons (Fsp3) is 0.294. The van der Waals surface area contributed by atoms with E-state index in [1.54, 1.807) is 0 Å². The van der Waals surface area contributed by atoms with Crippen LogP contribution in [0, 0.1) is 11.6 Å². The van der Waals surface area contributed by atoms with Crippen LogP contribution in [0.25, 0.3) is 0 Å². The van der Waals surface area contributed by atoms with Crippen molar-refractivity contribution in [2.75, 3.05) is 0 Å². The summed E-state index contributed by atoms with van der Waals surface area (Å²) in [5, 5.41) is 3.43. The van der Waals surface area contributed by atoms with Crippen LogP contribution >= 0.6 is 0 Å². The van der Waals surface area contributed by atoms with Gasteiger partial charge in [0.05, 0.1) is 0 Å². The Balaban J connectivity index is 1.61. The van der Waals surface area contributed by atoms with Crippen molar-refractivity contribution in [3.8, 4) is 5.75 Å². The average molecular weight is 289 g/mol. The first-order valence-electron chi connectivity index (χ1n) is 7.10. The van der Waals surface area contributed by atoms with Gasteiger partial charge in [-0.25, -0.2) is 8.78 Å². The molecule has 21 heavy (non-hydrogen) atoms. The molecule has 0 radical (unpaired) electrons. The first-order valence-corrected chi connectivity index (χ1v) is 7.10. The van der Waals surface area contributed by atoms with Crippen LogP contribution in [0.5, 0.6) is 5.75 Å². The van der Waals surface area contributed by atoms with Crippen LogP contribution in [0.15, 0.2) is 42.5 Å². The highest BCUT2D eigenvalue weighted by Crippen LogP contribution is 2.21. The summed E-state index contributed by atoms with van der Waals surface area (Å²) < 4.78 is 32.2. The minimum atomic E-state index is -0.849. The Kier molecular flexibility index (Phi) is 4.15. The highest BCUT2D eigenvalue weighted by Gasteiger charge is 2.19. The van der Waals surface area contributed by atoms with E-state index < -0.39 is 11.6 Å². The third kappa shape index (κ3) is 3.79. The minimum Gasteiger partial charge on any atom is -0.489 e. The quantitative estimate of drug-likeness (QED) is 0.873. The van der Waals surface area contributed by atoms with Crippen LogP contribution in [0.2, 0.25) is 0 Å². The third-order valence-corrected chi connectivity index (χ3v) is 3.50. The molecule has 0 atom stereocenters. The van der Waals surface area contributed by atoms with Crippen LogP contribution < -0.4 is 10.1 Å². The minimum absolute atomic E-state index is 0.0170. The lowest BCUT2D eigenvalue weighted by atomic mass is 10.2. The van der Waals surface area contributed by atoms with Gasteiger partial charge in [-0.1, -0.05) is 24.3 Å². The molecule has 0 amide bonds. The van der Waals surface area contributed by atoms with E-state index in [-0.39, 0.29) is 12.2 Å². The Morgan fingerprint density at radius 2 is 1.90 bits per heavy atom. The molecule has 1 aliphatic rings. The molecule has 0 heterocycles. The molecule has 2 nitrogen and oxygen atoms in total. The number of hydrogen-bond donors (Lipinski definition) is 1.